The Morgan fingerprint density at radius 1 is 1.59 bits per heavy atom. The minimum atomic E-state index is -0.328. The fourth-order valence-corrected chi connectivity index (χ4v) is 2.15. The largest absolute Gasteiger partial charge is 0.377 e. The van der Waals surface area contributed by atoms with E-state index in [1.54, 1.807) is 11.8 Å². The second-order valence-corrected chi connectivity index (χ2v) is 5.02. The monoisotopic (exact) mass is 259 g/mol. The summed E-state index contributed by atoms with van der Waals surface area (Å²) in [6.45, 7) is 6.04. The number of rotatable bonds is 5. The Labute approximate surface area is 108 Å². The van der Waals surface area contributed by atoms with Crippen LogP contribution in [0.25, 0.3) is 0 Å². The van der Waals surface area contributed by atoms with Crippen molar-refractivity contribution in [3.05, 3.63) is 16.4 Å². The van der Waals surface area contributed by atoms with Gasteiger partial charge in [-0.15, -0.1) is 0 Å². The predicted molar refractivity (Wildman–Crippen MR) is 70.3 cm³/mol. The van der Waals surface area contributed by atoms with Gasteiger partial charge in [0.15, 0.2) is 0 Å². The standard InChI is InChI=1S/C12H22ClN3O/c1-6-12(3,17-5)10(14)7-9-8(2)15-16(4)11(9)13/h10H,6-7,14H2,1-5H3. The first kappa shape index (κ1) is 14.5. The van der Waals surface area contributed by atoms with E-state index in [9.17, 15) is 0 Å². The lowest BCUT2D eigenvalue weighted by molar-refractivity contribution is -0.0184. The average molecular weight is 260 g/mol. The molecular weight excluding hydrogens is 238 g/mol. The van der Waals surface area contributed by atoms with E-state index in [2.05, 4.69) is 12.0 Å². The molecule has 2 atom stereocenters. The normalized spacial score (nSPS) is 16.9. The molecule has 0 aliphatic heterocycles. The third-order valence-electron chi connectivity index (χ3n) is 3.65. The first-order valence-corrected chi connectivity index (χ1v) is 6.22. The van der Waals surface area contributed by atoms with Gasteiger partial charge in [-0.05, 0) is 26.7 Å². The molecule has 1 aromatic rings. The molecule has 4 nitrogen and oxygen atoms in total. The second-order valence-electron chi connectivity index (χ2n) is 4.66. The van der Waals surface area contributed by atoms with E-state index in [1.165, 1.54) is 0 Å². The zero-order valence-corrected chi connectivity index (χ0v) is 12.0. The molecule has 17 heavy (non-hydrogen) atoms. The fourth-order valence-electron chi connectivity index (χ4n) is 1.90. The van der Waals surface area contributed by atoms with Gasteiger partial charge in [0, 0.05) is 25.8 Å². The van der Waals surface area contributed by atoms with E-state index >= 15 is 0 Å². The third kappa shape index (κ3) is 2.81. The smallest absolute Gasteiger partial charge is 0.130 e. The summed E-state index contributed by atoms with van der Waals surface area (Å²) < 4.78 is 7.19. The molecule has 0 amide bonds. The van der Waals surface area contributed by atoms with Gasteiger partial charge in [0.1, 0.15) is 5.15 Å². The Hall–Kier alpha value is -0.580. The topological polar surface area (TPSA) is 53.1 Å². The maximum absolute atomic E-state index is 6.23. The van der Waals surface area contributed by atoms with Crippen molar-refractivity contribution in [3.8, 4) is 0 Å². The number of aryl methyl sites for hydroxylation is 2. The van der Waals surface area contributed by atoms with Gasteiger partial charge >= 0.3 is 0 Å². The quantitative estimate of drug-likeness (QED) is 0.881. The van der Waals surface area contributed by atoms with Crippen molar-refractivity contribution in [1.29, 1.82) is 0 Å². The van der Waals surface area contributed by atoms with Gasteiger partial charge in [-0.1, -0.05) is 18.5 Å². The van der Waals surface area contributed by atoms with Crippen molar-refractivity contribution >= 4 is 11.6 Å². The third-order valence-corrected chi connectivity index (χ3v) is 4.12. The molecule has 0 saturated carbocycles. The molecule has 98 valence electrons. The summed E-state index contributed by atoms with van der Waals surface area (Å²) >= 11 is 6.20. The van der Waals surface area contributed by atoms with E-state index < -0.39 is 0 Å². The Morgan fingerprint density at radius 2 is 2.18 bits per heavy atom. The summed E-state index contributed by atoms with van der Waals surface area (Å²) in [6, 6.07) is -0.0992. The van der Waals surface area contributed by atoms with Crippen LogP contribution in [0.1, 0.15) is 31.5 Å². The minimum Gasteiger partial charge on any atom is -0.377 e. The van der Waals surface area contributed by atoms with Gasteiger partial charge in [-0.25, -0.2) is 0 Å². The van der Waals surface area contributed by atoms with Crippen LogP contribution in [0.15, 0.2) is 0 Å². The summed E-state index contributed by atoms with van der Waals surface area (Å²) in [6.07, 6.45) is 1.54. The molecule has 5 heteroatoms. The maximum atomic E-state index is 6.23. The first-order valence-electron chi connectivity index (χ1n) is 5.84. The van der Waals surface area contributed by atoms with E-state index in [-0.39, 0.29) is 11.6 Å². The van der Waals surface area contributed by atoms with E-state index in [1.807, 2.05) is 20.9 Å². The minimum absolute atomic E-state index is 0.0992. The number of nitrogens with two attached hydrogens (primary N) is 1. The van der Waals surface area contributed by atoms with Crippen molar-refractivity contribution in [2.24, 2.45) is 12.8 Å². The predicted octanol–water partition coefficient (Wildman–Crippen LogP) is 2.07. The van der Waals surface area contributed by atoms with Gasteiger partial charge in [0.2, 0.25) is 0 Å². The molecule has 0 spiro atoms. The molecule has 0 radical (unpaired) electrons. The van der Waals surface area contributed by atoms with Crippen LogP contribution < -0.4 is 5.73 Å². The van der Waals surface area contributed by atoms with Crippen molar-refractivity contribution < 1.29 is 4.74 Å². The molecule has 0 saturated heterocycles. The molecule has 0 aromatic carbocycles. The summed E-state index contributed by atoms with van der Waals surface area (Å²) in [5.74, 6) is 0. The van der Waals surface area contributed by atoms with E-state index in [0.717, 1.165) is 17.7 Å². The van der Waals surface area contributed by atoms with E-state index in [4.69, 9.17) is 22.1 Å². The van der Waals surface area contributed by atoms with Gasteiger partial charge in [-0.2, -0.15) is 5.10 Å². The van der Waals surface area contributed by atoms with Gasteiger partial charge in [0.25, 0.3) is 0 Å². The molecule has 1 heterocycles. The molecule has 0 bridgehead atoms. The highest BCUT2D eigenvalue weighted by molar-refractivity contribution is 6.30. The van der Waals surface area contributed by atoms with Gasteiger partial charge in [-0.3, -0.25) is 4.68 Å². The van der Waals surface area contributed by atoms with Crippen LogP contribution >= 0.6 is 11.6 Å². The van der Waals surface area contributed by atoms with Crippen LogP contribution in [0.5, 0.6) is 0 Å². The lowest BCUT2D eigenvalue weighted by Crippen LogP contribution is -2.48. The molecular formula is C12H22ClN3O. The van der Waals surface area contributed by atoms with Crippen LogP contribution in [-0.2, 0) is 18.2 Å². The Bertz CT molecular complexity index is 385. The summed E-state index contributed by atoms with van der Waals surface area (Å²) in [5.41, 5.74) is 7.85. The van der Waals surface area contributed by atoms with Crippen molar-refractivity contribution in [3.63, 3.8) is 0 Å². The highest BCUT2D eigenvalue weighted by Gasteiger charge is 2.31. The number of ether oxygens (including phenoxy) is 1. The first-order chi connectivity index (χ1) is 7.85. The molecule has 2 N–H and O–H groups in total. The Kier molecular flexibility index (Phi) is 4.58. The zero-order valence-electron chi connectivity index (χ0n) is 11.2. The fraction of sp³-hybridized carbons (Fsp3) is 0.750. The molecule has 2 unspecified atom stereocenters. The second kappa shape index (κ2) is 5.38. The Balaban J connectivity index is 2.91. The molecule has 1 rings (SSSR count). The van der Waals surface area contributed by atoms with Crippen LogP contribution in [0.3, 0.4) is 0 Å². The lowest BCUT2D eigenvalue weighted by atomic mass is 9.89. The molecule has 0 fully saturated rings. The van der Waals surface area contributed by atoms with Crippen molar-refractivity contribution in [2.45, 2.75) is 45.3 Å². The van der Waals surface area contributed by atoms with Gasteiger partial charge < -0.3 is 10.5 Å². The average Bonchev–Trinajstić information content (AvgIpc) is 2.54. The van der Waals surface area contributed by atoms with Crippen molar-refractivity contribution in [1.82, 2.24) is 9.78 Å². The highest BCUT2D eigenvalue weighted by Crippen LogP contribution is 2.25. The molecule has 1 aromatic heterocycles. The highest BCUT2D eigenvalue weighted by atomic mass is 35.5. The number of nitrogens with zero attached hydrogens (tertiary/aromatic N) is 2. The number of methoxy groups -OCH3 is 1. The van der Waals surface area contributed by atoms with Crippen LogP contribution in [0.4, 0.5) is 0 Å². The maximum Gasteiger partial charge on any atom is 0.130 e. The number of hydrogen-bond acceptors (Lipinski definition) is 3. The number of hydrogen-bond donors (Lipinski definition) is 1. The summed E-state index contributed by atoms with van der Waals surface area (Å²) in [7, 11) is 3.53. The van der Waals surface area contributed by atoms with Crippen LogP contribution in [0.2, 0.25) is 5.15 Å². The summed E-state index contributed by atoms with van der Waals surface area (Å²) in [5, 5.41) is 4.95. The lowest BCUT2D eigenvalue weighted by Gasteiger charge is -2.33. The van der Waals surface area contributed by atoms with Crippen LogP contribution in [-0.4, -0.2) is 28.5 Å². The molecule has 0 aliphatic rings. The van der Waals surface area contributed by atoms with Crippen molar-refractivity contribution in [2.75, 3.05) is 7.11 Å². The molecule has 0 aliphatic carbocycles. The number of halogens is 1. The SMILES string of the molecule is CCC(C)(OC)C(N)Cc1c(C)nn(C)c1Cl. The number of aromatic nitrogens is 2. The zero-order chi connectivity index (χ0) is 13.2. The van der Waals surface area contributed by atoms with Crippen LogP contribution in [0, 0.1) is 6.92 Å². The Morgan fingerprint density at radius 3 is 2.53 bits per heavy atom. The van der Waals surface area contributed by atoms with Gasteiger partial charge in [0.05, 0.1) is 11.3 Å². The van der Waals surface area contributed by atoms with E-state index in [0.29, 0.717) is 11.6 Å². The summed E-state index contributed by atoms with van der Waals surface area (Å²) in [4.78, 5) is 0.